The third kappa shape index (κ3) is 5.39. The van der Waals surface area contributed by atoms with Gasteiger partial charge in [0.1, 0.15) is 5.75 Å². The molecule has 0 aliphatic rings. The molecule has 2 aromatic carbocycles. The number of amides is 1. The Morgan fingerprint density at radius 3 is 2.17 bits per heavy atom. The van der Waals surface area contributed by atoms with Gasteiger partial charge in [0.2, 0.25) is 5.91 Å². The van der Waals surface area contributed by atoms with Crippen LogP contribution in [0.3, 0.4) is 0 Å². The topological polar surface area (TPSA) is 55.4 Å². The number of carbonyl (C=O) groups excluding carboxylic acids is 2. The molecule has 0 atom stereocenters. The SMILES string of the molecule is CC(=O)Nc1ccc(OC(=O)/C=C/c2ccc(C(C)C)cc2)cc1. The van der Waals surface area contributed by atoms with E-state index in [0.29, 0.717) is 17.4 Å². The lowest BCUT2D eigenvalue weighted by molar-refractivity contribution is -0.128. The highest BCUT2D eigenvalue weighted by Crippen LogP contribution is 2.17. The Kier molecular flexibility index (Phi) is 5.90. The maximum Gasteiger partial charge on any atom is 0.336 e. The van der Waals surface area contributed by atoms with Crippen LogP contribution in [0.25, 0.3) is 6.08 Å². The number of ether oxygens (including phenoxy) is 1. The average Bonchev–Trinajstić information content (AvgIpc) is 2.54. The summed E-state index contributed by atoms with van der Waals surface area (Å²) in [5.41, 5.74) is 2.86. The van der Waals surface area contributed by atoms with Gasteiger partial charge in [-0.2, -0.15) is 0 Å². The number of anilines is 1. The number of hydrogen-bond acceptors (Lipinski definition) is 3. The van der Waals surface area contributed by atoms with Crippen LogP contribution in [-0.4, -0.2) is 11.9 Å². The molecule has 24 heavy (non-hydrogen) atoms. The Morgan fingerprint density at radius 2 is 1.62 bits per heavy atom. The largest absolute Gasteiger partial charge is 0.423 e. The molecule has 0 bridgehead atoms. The summed E-state index contributed by atoms with van der Waals surface area (Å²) in [6.07, 6.45) is 3.12. The maximum absolute atomic E-state index is 11.8. The Morgan fingerprint density at radius 1 is 1.00 bits per heavy atom. The van der Waals surface area contributed by atoms with Crippen molar-refractivity contribution >= 4 is 23.6 Å². The van der Waals surface area contributed by atoms with Crippen LogP contribution in [0.4, 0.5) is 5.69 Å². The van der Waals surface area contributed by atoms with Crippen molar-refractivity contribution < 1.29 is 14.3 Å². The number of esters is 1. The predicted molar refractivity (Wildman–Crippen MR) is 95.9 cm³/mol. The van der Waals surface area contributed by atoms with E-state index in [-0.39, 0.29) is 5.91 Å². The molecule has 0 unspecified atom stereocenters. The first-order valence-electron chi connectivity index (χ1n) is 7.81. The molecule has 4 heteroatoms. The predicted octanol–water partition coefficient (Wildman–Crippen LogP) is 4.39. The monoisotopic (exact) mass is 323 g/mol. The van der Waals surface area contributed by atoms with Gasteiger partial charge in [-0.3, -0.25) is 4.79 Å². The molecule has 2 rings (SSSR count). The molecule has 0 fully saturated rings. The van der Waals surface area contributed by atoms with E-state index in [9.17, 15) is 9.59 Å². The molecule has 0 saturated carbocycles. The fourth-order valence-electron chi connectivity index (χ4n) is 2.12. The summed E-state index contributed by atoms with van der Waals surface area (Å²) in [4.78, 5) is 22.8. The van der Waals surface area contributed by atoms with E-state index in [0.717, 1.165) is 5.56 Å². The van der Waals surface area contributed by atoms with Crippen LogP contribution in [0.15, 0.2) is 54.6 Å². The lowest BCUT2D eigenvalue weighted by atomic mass is 10.0. The molecule has 0 spiro atoms. The smallest absolute Gasteiger partial charge is 0.336 e. The summed E-state index contributed by atoms with van der Waals surface area (Å²) in [5, 5.41) is 2.65. The van der Waals surface area contributed by atoms with Crippen LogP contribution in [0.2, 0.25) is 0 Å². The molecule has 0 saturated heterocycles. The van der Waals surface area contributed by atoms with Gasteiger partial charge in [0, 0.05) is 18.7 Å². The van der Waals surface area contributed by atoms with Gasteiger partial charge < -0.3 is 10.1 Å². The lowest BCUT2D eigenvalue weighted by Crippen LogP contribution is -2.06. The first kappa shape index (κ1) is 17.5. The van der Waals surface area contributed by atoms with Gasteiger partial charge in [0.25, 0.3) is 0 Å². The lowest BCUT2D eigenvalue weighted by Gasteiger charge is -2.05. The quantitative estimate of drug-likeness (QED) is 0.504. The molecule has 0 heterocycles. The molecule has 124 valence electrons. The Bertz CT molecular complexity index is 728. The van der Waals surface area contributed by atoms with Crippen LogP contribution in [0.5, 0.6) is 5.75 Å². The number of hydrogen-bond donors (Lipinski definition) is 1. The van der Waals surface area contributed by atoms with Crippen molar-refractivity contribution in [1.82, 2.24) is 0 Å². The Balaban J connectivity index is 1.93. The third-order valence-corrected chi connectivity index (χ3v) is 3.41. The summed E-state index contributed by atoms with van der Waals surface area (Å²) < 4.78 is 5.22. The van der Waals surface area contributed by atoms with E-state index in [2.05, 4.69) is 31.3 Å². The van der Waals surface area contributed by atoms with Crippen molar-refractivity contribution in [3.8, 4) is 5.75 Å². The van der Waals surface area contributed by atoms with Gasteiger partial charge in [0.15, 0.2) is 0 Å². The number of nitrogens with one attached hydrogen (secondary N) is 1. The minimum absolute atomic E-state index is 0.147. The van der Waals surface area contributed by atoms with Crippen LogP contribution < -0.4 is 10.1 Å². The van der Waals surface area contributed by atoms with Crippen LogP contribution in [0.1, 0.15) is 37.8 Å². The normalized spacial score (nSPS) is 10.8. The molecule has 4 nitrogen and oxygen atoms in total. The van der Waals surface area contributed by atoms with Crippen molar-refractivity contribution in [2.24, 2.45) is 0 Å². The molecule has 0 aromatic heterocycles. The number of carbonyl (C=O) groups is 2. The summed E-state index contributed by atoms with van der Waals surface area (Å²) in [7, 11) is 0. The molecule has 0 aliphatic carbocycles. The first-order chi connectivity index (χ1) is 11.4. The zero-order valence-electron chi connectivity index (χ0n) is 14.1. The third-order valence-electron chi connectivity index (χ3n) is 3.41. The maximum atomic E-state index is 11.8. The van der Waals surface area contributed by atoms with E-state index in [4.69, 9.17) is 4.74 Å². The minimum atomic E-state index is -0.449. The highest BCUT2D eigenvalue weighted by molar-refractivity contribution is 5.90. The molecule has 0 radical (unpaired) electrons. The number of benzene rings is 2. The number of rotatable bonds is 5. The Hall–Kier alpha value is -2.88. The van der Waals surface area contributed by atoms with Crippen LogP contribution in [0, 0.1) is 0 Å². The Labute approximate surface area is 142 Å². The molecule has 1 amide bonds. The molecule has 1 N–H and O–H groups in total. The average molecular weight is 323 g/mol. The van der Waals surface area contributed by atoms with E-state index >= 15 is 0 Å². The van der Waals surface area contributed by atoms with Crippen LogP contribution >= 0.6 is 0 Å². The van der Waals surface area contributed by atoms with Crippen molar-refractivity contribution in [1.29, 1.82) is 0 Å². The molecular weight excluding hydrogens is 302 g/mol. The summed E-state index contributed by atoms with van der Waals surface area (Å²) >= 11 is 0. The fourth-order valence-corrected chi connectivity index (χ4v) is 2.12. The summed E-state index contributed by atoms with van der Waals surface area (Å²) in [5.74, 6) is 0.309. The van der Waals surface area contributed by atoms with Gasteiger partial charge in [0.05, 0.1) is 0 Å². The van der Waals surface area contributed by atoms with Crippen LogP contribution in [-0.2, 0) is 9.59 Å². The first-order valence-corrected chi connectivity index (χ1v) is 7.81. The van der Waals surface area contributed by atoms with E-state index in [1.165, 1.54) is 18.6 Å². The van der Waals surface area contributed by atoms with Crippen molar-refractivity contribution in [2.75, 3.05) is 5.32 Å². The van der Waals surface area contributed by atoms with E-state index in [1.54, 1.807) is 30.3 Å². The second-order valence-electron chi connectivity index (χ2n) is 5.78. The van der Waals surface area contributed by atoms with Gasteiger partial charge in [-0.25, -0.2) is 4.79 Å². The van der Waals surface area contributed by atoms with Gasteiger partial charge in [-0.1, -0.05) is 38.1 Å². The van der Waals surface area contributed by atoms with Crippen molar-refractivity contribution in [3.05, 3.63) is 65.7 Å². The van der Waals surface area contributed by atoms with Gasteiger partial charge >= 0.3 is 5.97 Å². The van der Waals surface area contributed by atoms with E-state index in [1.807, 2.05) is 12.1 Å². The zero-order chi connectivity index (χ0) is 17.5. The zero-order valence-corrected chi connectivity index (χ0v) is 14.1. The highest BCUT2D eigenvalue weighted by Gasteiger charge is 2.02. The molecular formula is C20H21NO3. The fraction of sp³-hybridized carbons (Fsp3) is 0.200. The second-order valence-corrected chi connectivity index (χ2v) is 5.78. The van der Waals surface area contributed by atoms with Gasteiger partial charge in [-0.05, 0) is 47.4 Å². The minimum Gasteiger partial charge on any atom is -0.423 e. The highest BCUT2D eigenvalue weighted by atomic mass is 16.5. The van der Waals surface area contributed by atoms with Gasteiger partial charge in [-0.15, -0.1) is 0 Å². The molecule has 2 aromatic rings. The standard InChI is InChI=1S/C20H21NO3/c1-14(2)17-7-4-16(5-8-17)6-13-20(23)24-19-11-9-18(10-12-19)21-15(3)22/h4-14H,1-3H3,(H,21,22)/b13-6+. The van der Waals surface area contributed by atoms with Crippen molar-refractivity contribution in [3.63, 3.8) is 0 Å². The second kappa shape index (κ2) is 8.11. The summed E-state index contributed by atoms with van der Waals surface area (Å²) in [6, 6.07) is 14.7. The molecule has 0 aliphatic heterocycles. The van der Waals surface area contributed by atoms with E-state index < -0.39 is 5.97 Å². The summed E-state index contributed by atoms with van der Waals surface area (Å²) in [6.45, 7) is 5.71. The van der Waals surface area contributed by atoms with Crippen molar-refractivity contribution in [2.45, 2.75) is 26.7 Å².